The second-order valence-electron chi connectivity index (χ2n) is 9.52. The van der Waals surface area contributed by atoms with Crippen molar-refractivity contribution in [2.45, 2.75) is 57.5 Å². The maximum atomic E-state index is 6.09. The fraction of sp³-hybridized carbons (Fsp3) is 0.400. The quantitative estimate of drug-likeness (QED) is 0.425. The van der Waals surface area contributed by atoms with Crippen molar-refractivity contribution in [3.05, 3.63) is 101 Å². The van der Waals surface area contributed by atoms with Crippen molar-refractivity contribution in [1.29, 1.82) is 0 Å². The molecule has 32 heavy (non-hydrogen) atoms. The number of aryl methyl sites for hydroxylation is 2. The zero-order valence-electron chi connectivity index (χ0n) is 19.1. The van der Waals surface area contributed by atoms with Crippen LogP contribution in [0.25, 0.3) is 0 Å². The number of fused-ring (bicyclic) bond motifs is 1. The first kappa shape index (κ1) is 21.3. The lowest BCUT2D eigenvalue weighted by Crippen LogP contribution is -2.34. The molecule has 2 nitrogen and oxygen atoms in total. The third kappa shape index (κ3) is 5.42. The zero-order chi connectivity index (χ0) is 21.6. The molecule has 2 aliphatic rings. The van der Waals surface area contributed by atoms with E-state index < -0.39 is 0 Å². The molecule has 1 fully saturated rings. The molecule has 0 aromatic heterocycles. The summed E-state index contributed by atoms with van der Waals surface area (Å²) in [6.07, 6.45) is 8.75. The lowest BCUT2D eigenvalue weighted by Gasteiger charge is -2.32. The van der Waals surface area contributed by atoms with Gasteiger partial charge in [-0.25, -0.2) is 0 Å². The Bertz CT molecular complexity index is 987. The molecule has 0 radical (unpaired) electrons. The fourth-order valence-corrected chi connectivity index (χ4v) is 5.27. The molecule has 3 aromatic rings. The molecule has 1 aliphatic carbocycles. The molecule has 0 bridgehead atoms. The number of rotatable bonds is 7. The molecular formula is C30H35NO. The van der Waals surface area contributed by atoms with E-state index in [2.05, 4.69) is 77.7 Å². The molecule has 0 amide bonds. The number of benzene rings is 3. The van der Waals surface area contributed by atoms with Gasteiger partial charge in [-0.1, -0.05) is 60.7 Å². The second kappa shape index (κ2) is 10.4. The van der Waals surface area contributed by atoms with Crippen LogP contribution in [0.2, 0.25) is 0 Å². The van der Waals surface area contributed by atoms with Crippen molar-refractivity contribution in [3.63, 3.8) is 0 Å². The molecule has 0 atom stereocenters. The van der Waals surface area contributed by atoms with E-state index in [0.29, 0.717) is 6.61 Å². The minimum Gasteiger partial charge on any atom is -0.489 e. The normalized spacial score (nSPS) is 17.1. The van der Waals surface area contributed by atoms with Crippen LogP contribution in [0.1, 0.15) is 59.4 Å². The van der Waals surface area contributed by atoms with Gasteiger partial charge in [0.1, 0.15) is 12.4 Å². The molecule has 0 N–H and O–H groups in total. The highest BCUT2D eigenvalue weighted by molar-refractivity contribution is 5.37. The van der Waals surface area contributed by atoms with Gasteiger partial charge in [-0.3, -0.25) is 0 Å². The van der Waals surface area contributed by atoms with Gasteiger partial charge in [0.2, 0.25) is 0 Å². The average Bonchev–Trinajstić information content (AvgIpc) is 2.87. The third-order valence-electron chi connectivity index (χ3n) is 7.32. The smallest absolute Gasteiger partial charge is 0.120 e. The van der Waals surface area contributed by atoms with Gasteiger partial charge in [0, 0.05) is 6.54 Å². The molecule has 0 saturated carbocycles. The van der Waals surface area contributed by atoms with Crippen LogP contribution in [0.4, 0.5) is 0 Å². The molecule has 0 unspecified atom stereocenters. The lowest BCUT2D eigenvalue weighted by molar-refractivity contribution is 0.214. The topological polar surface area (TPSA) is 12.5 Å². The van der Waals surface area contributed by atoms with E-state index in [1.54, 1.807) is 0 Å². The van der Waals surface area contributed by atoms with Crippen LogP contribution in [-0.2, 0) is 25.9 Å². The van der Waals surface area contributed by atoms with E-state index >= 15 is 0 Å². The van der Waals surface area contributed by atoms with Crippen LogP contribution in [-0.4, -0.2) is 24.5 Å². The van der Waals surface area contributed by atoms with Crippen LogP contribution in [0.3, 0.4) is 0 Å². The van der Waals surface area contributed by atoms with Crippen LogP contribution < -0.4 is 4.74 Å². The summed E-state index contributed by atoms with van der Waals surface area (Å²) in [5.41, 5.74) is 7.18. The summed E-state index contributed by atoms with van der Waals surface area (Å²) in [5, 5.41) is 0. The van der Waals surface area contributed by atoms with Gasteiger partial charge in [-0.05, 0) is 104 Å². The molecule has 3 aromatic carbocycles. The van der Waals surface area contributed by atoms with E-state index in [0.717, 1.165) is 24.6 Å². The number of hydrogen-bond acceptors (Lipinski definition) is 2. The number of ether oxygens (including phenoxy) is 1. The first-order valence-electron chi connectivity index (χ1n) is 12.4. The molecule has 0 spiro atoms. The van der Waals surface area contributed by atoms with Crippen LogP contribution >= 0.6 is 0 Å². The van der Waals surface area contributed by atoms with E-state index in [1.807, 2.05) is 0 Å². The summed E-state index contributed by atoms with van der Waals surface area (Å²) in [6, 6.07) is 26.7. The van der Waals surface area contributed by atoms with Gasteiger partial charge in [-0.2, -0.15) is 0 Å². The van der Waals surface area contributed by atoms with Gasteiger partial charge in [-0.15, -0.1) is 0 Å². The van der Waals surface area contributed by atoms with Crippen LogP contribution in [0.5, 0.6) is 5.75 Å². The monoisotopic (exact) mass is 425 g/mol. The average molecular weight is 426 g/mol. The number of piperidine rings is 1. The molecular weight excluding hydrogens is 390 g/mol. The fourth-order valence-electron chi connectivity index (χ4n) is 5.27. The molecule has 2 heteroatoms. The Morgan fingerprint density at radius 1 is 0.750 bits per heavy atom. The Kier molecular flexibility index (Phi) is 6.89. The van der Waals surface area contributed by atoms with Crippen LogP contribution in [0, 0.1) is 0 Å². The predicted octanol–water partition coefficient (Wildman–Crippen LogP) is 6.57. The molecule has 1 aliphatic heterocycles. The van der Waals surface area contributed by atoms with E-state index in [1.165, 1.54) is 79.4 Å². The van der Waals surface area contributed by atoms with E-state index in [-0.39, 0.29) is 0 Å². The SMILES string of the molecule is c1ccc(C2CCN(CCc3ccc(COc4ccc5c(c4)CCCC5)cc3)CC2)cc1. The molecule has 1 heterocycles. The van der Waals surface area contributed by atoms with Crippen molar-refractivity contribution in [2.24, 2.45) is 0 Å². The van der Waals surface area contributed by atoms with Gasteiger partial charge in [0.05, 0.1) is 0 Å². The summed E-state index contributed by atoms with van der Waals surface area (Å²) in [5.74, 6) is 1.75. The zero-order valence-corrected chi connectivity index (χ0v) is 19.1. The Morgan fingerprint density at radius 2 is 1.47 bits per heavy atom. The Hall–Kier alpha value is -2.58. The Labute approximate surface area is 193 Å². The first-order valence-corrected chi connectivity index (χ1v) is 12.4. The van der Waals surface area contributed by atoms with E-state index in [9.17, 15) is 0 Å². The highest BCUT2D eigenvalue weighted by atomic mass is 16.5. The largest absolute Gasteiger partial charge is 0.489 e. The number of nitrogens with zero attached hydrogens (tertiary/aromatic N) is 1. The third-order valence-corrected chi connectivity index (χ3v) is 7.32. The van der Waals surface area contributed by atoms with Crippen molar-refractivity contribution in [3.8, 4) is 5.75 Å². The summed E-state index contributed by atoms with van der Waals surface area (Å²) >= 11 is 0. The molecule has 166 valence electrons. The minimum absolute atomic E-state index is 0.645. The first-order chi connectivity index (χ1) is 15.8. The minimum atomic E-state index is 0.645. The molecule has 1 saturated heterocycles. The summed E-state index contributed by atoms with van der Waals surface area (Å²) in [6.45, 7) is 4.23. The summed E-state index contributed by atoms with van der Waals surface area (Å²) in [4.78, 5) is 2.63. The Morgan fingerprint density at radius 3 is 2.25 bits per heavy atom. The van der Waals surface area contributed by atoms with Crippen molar-refractivity contribution < 1.29 is 4.74 Å². The maximum absolute atomic E-state index is 6.09. The van der Waals surface area contributed by atoms with Crippen molar-refractivity contribution in [1.82, 2.24) is 4.90 Å². The van der Waals surface area contributed by atoms with Gasteiger partial charge < -0.3 is 9.64 Å². The highest BCUT2D eigenvalue weighted by Crippen LogP contribution is 2.28. The highest BCUT2D eigenvalue weighted by Gasteiger charge is 2.20. The van der Waals surface area contributed by atoms with Gasteiger partial charge in [0.25, 0.3) is 0 Å². The van der Waals surface area contributed by atoms with Gasteiger partial charge >= 0.3 is 0 Å². The summed E-state index contributed by atoms with van der Waals surface area (Å²) in [7, 11) is 0. The molecule has 5 rings (SSSR count). The van der Waals surface area contributed by atoms with Crippen LogP contribution in [0.15, 0.2) is 72.8 Å². The second-order valence-corrected chi connectivity index (χ2v) is 9.52. The number of hydrogen-bond donors (Lipinski definition) is 0. The Balaban J connectivity index is 1.06. The number of likely N-dealkylation sites (tertiary alicyclic amines) is 1. The van der Waals surface area contributed by atoms with E-state index in [4.69, 9.17) is 4.74 Å². The standard InChI is InChI=1S/C30H35NO/c1-2-6-26(7-3-1)28-17-20-31(21-18-28)19-16-24-10-12-25(13-11-24)23-32-30-15-14-27-8-4-5-9-29(27)22-30/h1-3,6-7,10-15,22,28H,4-5,8-9,16-21,23H2. The maximum Gasteiger partial charge on any atom is 0.120 e. The van der Waals surface area contributed by atoms with Crippen molar-refractivity contribution >= 4 is 0 Å². The summed E-state index contributed by atoms with van der Waals surface area (Å²) < 4.78 is 6.09. The lowest BCUT2D eigenvalue weighted by atomic mass is 9.89. The predicted molar refractivity (Wildman–Crippen MR) is 132 cm³/mol. The van der Waals surface area contributed by atoms with Crippen molar-refractivity contribution in [2.75, 3.05) is 19.6 Å². The van der Waals surface area contributed by atoms with Gasteiger partial charge in [0.15, 0.2) is 0 Å².